The van der Waals surface area contributed by atoms with E-state index in [0.29, 0.717) is 0 Å². The van der Waals surface area contributed by atoms with E-state index in [2.05, 4.69) is 15.3 Å². The molecule has 0 bridgehead atoms. The van der Waals surface area contributed by atoms with Crippen molar-refractivity contribution in [1.29, 1.82) is 0 Å². The number of halogens is 2. The SMILES string of the molecule is CC(C)Oc1ncnc(Nc2cc(F)ccc2F)c1N. The Hall–Kier alpha value is -2.44. The van der Waals surface area contributed by atoms with Crippen LogP contribution < -0.4 is 15.8 Å². The average molecular weight is 280 g/mol. The number of rotatable bonds is 4. The average Bonchev–Trinajstić information content (AvgIpc) is 2.38. The molecule has 0 amide bonds. The molecule has 7 heteroatoms. The van der Waals surface area contributed by atoms with Gasteiger partial charge in [0.05, 0.1) is 11.8 Å². The van der Waals surface area contributed by atoms with Gasteiger partial charge in [0.25, 0.3) is 0 Å². The van der Waals surface area contributed by atoms with E-state index in [1.54, 1.807) is 0 Å². The number of hydrogen-bond acceptors (Lipinski definition) is 5. The standard InChI is InChI=1S/C13H14F2N4O/c1-7(2)20-13-11(16)12(17-6-18-13)19-10-5-8(14)3-4-9(10)15/h3-7H,16H2,1-2H3,(H,17,18,19). The Bertz CT molecular complexity index is 619. The van der Waals surface area contributed by atoms with E-state index < -0.39 is 11.6 Å². The number of anilines is 3. The second-order valence-electron chi connectivity index (χ2n) is 4.36. The van der Waals surface area contributed by atoms with Crippen LogP contribution in [0, 0.1) is 11.6 Å². The Labute approximate surface area is 114 Å². The third-order valence-corrected chi connectivity index (χ3v) is 2.38. The van der Waals surface area contributed by atoms with Crippen LogP contribution in [-0.4, -0.2) is 16.1 Å². The number of nitrogens with two attached hydrogens (primary N) is 1. The number of nitrogens with zero attached hydrogens (tertiary/aromatic N) is 2. The summed E-state index contributed by atoms with van der Waals surface area (Å²) in [5.74, 6) is -0.842. The molecule has 0 unspecified atom stereocenters. The third kappa shape index (κ3) is 3.11. The van der Waals surface area contributed by atoms with Crippen molar-refractivity contribution in [3.05, 3.63) is 36.2 Å². The highest BCUT2D eigenvalue weighted by Crippen LogP contribution is 2.29. The number of nitrogen functional groups attached to an aromatic ring is 1. The van der Waals surface area contributed by atoms with E-state index in [1.165, 1.54) is 6.33 Å². The Morgan fingerprint density at radius 3 is 2.70 bits per heavy atom. The minimum Gasteiger partial charge on any atom is -0.473 e. The summed E-state index contributed by atoms with van der Waals surface area (Å²) in [6, 6.07) is 3.05. The summed E-state index contributed by atoms with van der Waals surface area (Å²) in [6.45, 7) is 3.64. The quantitative estimate of drug-likeness (QED) is 0.901. The van der Waals surface area contributed by atoms with Gasteiger partial charge in [-0.05, 0) is 26.0 Å². The molecule has 1 aromatic carbocycles. The number of aromatic nitrogens is 2. The molecule has 1 aromatic heterocycles. The molecule has 0 aliphatic carbocycles. The van der Waals surface area contributed by atoms with Crippen molar-refractivity contribution in [2.24, 2.45) is 0 Å². The maximum atomic E-state index is 13.6. The van der Waals surface area contributed by atoms with Crippen molar-refractivity contribution in [1.82, 2.24) is 9.97 Å². The van der Waals surface area contributed by atoms with Crippen LogP contribution in [0.4, 0.5) is 26.0 Å². The molecular formula is C13H14F2N4O. The largest absolute Gasteiger partial charge is 0.473 e. The van der Waals surface area contributed by atoms with Crippen molar-refractivity contribution >= 4 is 17.2 Å². The fraction of sp³-hybridized carbons (Fsp3) is 0.231. The lowest BCUT2D eigenvalue weighted by Gasteiger charge is -2.14. The number of nitrogens with one attached hydrogen (secondary N) is 1. The molecule has 0 saturated heterocycles. The first-order valence-corrected chi connectivity index (χ1v) is 5.96. The molecule has 2 aromatic rings. The molecule has 0 spiro atoms. The first-order chi connectivity index (χ1) is 9.47. The molecule has 5 nitrogen and oxygen atoms in total. The second-order valence-corrected chi connectivity index (χ2v) is 4.36. The molecule has 2 rings (SSSR count). The van der Waals surface area contributed by atoms with Crippen LogP contribution in [-0.2, 0) is 0 Å². The third-order valence-electron chi connectivity index (χ3n) is 2.38. The first-order valence-electron chi connectivity index (χ1n) is 5.96. The fourth-order valence-electron chi connectivity index (χ4n) is 1.52. The maximum absolute atomic E-state index is 13.6. The summed E-state index contributed by atoms with van der Waals surface area (Å²) in [5.41, 5.74) is 5.90. The van der Waals surface area contributed by atoms with Gasteiger partial charge in [0.2, 0.25) is 5.88 Å². The zero-order chi connectivity index (χ0) is 14.7. The highest BCUT2D eigenvalue weighted by atomic mass is 19.1. The number of hydrogen-bond donors (Lipinski definition) is 2. The van der Waals surface area contributed by atoms with Crippen molar-refractivity contribution in [3.63, 3.8) is 0 Å². The van der Waals surface area contributed by atoms with E-state index in [0.717, 1.165) is 18.2 Å². The van der Waals surface area contributed by atoms with Gasteiger partial charge in [-0.1, -0.05) is 0 Å². The zero-order valence-corrected chi connectivity index (χ0v) is 11.0. The van der Waals surface area contributed by atoms with Crippen LogP contribution in [0.2, 0.25) is 0 Å². The molecule has 106 valence electrons. The molecule has 0 aliphatic heterocycles. The summed E-state index contributed by atoms with van der Waals surface area (Å²) >= 11 is 0. The molecule has 20 heavy (non-hydrogen) atoms. The summed E-state index contributed by atoms with van der Waals surface area (Å²) < 4.78 is 32.1. The van der Waals surface area contributed by atoms with E-state index in [-0.39, 0.29) is 29.2 Å². The Morgan fingerprint density at radius 1 is 1.25 bits per heavy atom. The molecule has 0 radical (unpaired) electrons. The summed E-state index contributed by atoms with van der Waals surface area (Å²) in [4.78, 5) is 7.79. The predicted molar refractivity (Wildman–Crippen MR) is 71.8 cm³/mol. The van der Waals surface area contributed by atoms with Gasteiger partial charge in [0.1, 0.15) is 23.6 Å². The van der Waals surface area contributed by atoms with E-state index in [1.807, 2.05) is 13.8 Å². The molecule has 0 aliphatic rings. The first kappa shape index (κ1) is 14.0. The monoisotopic (exact) mass is 280 g/mol. The normalized spacial score (nSPS) is 10.7. The lowest BCUT2D eigenvalue weighted by Crippen LogP contribution is -2.11. The molecule has 1 heterocycles. The summed E-state index contributed by atoms with van der Waals surface area (Å²) in [6.07, 6.45) is 1.11. The number of ether oxygens (including phenoxy) is 1. The van der Waals surface area contributed by atoms with E-state index in [9.17, 15) is 8.78 Å². The van der Waals surface area contributed by atoms with Gasteiger partial charge in [0.15, 0.2) is 5.82 Å². The molecule has 0 atom stereocenters. The summed E-state index contributed by atoms with van der Waals surface area (Å²) in [5, 5.41) is 2.62. The lowest BCUT2D eigenvalue weighted by molar-refractivity contribution is 0.234. The zero-order valence-electron chi connectivity index (χ0n) is 11.0. The van der Waals surface area contributed by atoms with Crippen molar-refractivity contribution in [2.45, 2.75) is 20.0 Å². The smallest absolute Gasteiger partial charge is 0.242 e. The van der Waals surface area contributed by atoms with Crippen LogP contribution in [0.25, 0.3) is 0 Å². The van der Waals surface area contributed by atoms with Gasteiger partial charge in [-0.25, -0.2) is 13.8 Å². The van der Waals surface area contributed by atoms with Crippen LogP contribution in [0.5, 0.6) is 5.88 Å². The van der Waals surface area contributed by atoms with Gasteiger partial charge in [-0.15, -0.1) is 0 Å². The fourth-order valence-corrected chi connectivity index (χ4v) is 1.52. The Balaban J connectivity index is 2.32. The van der Waals surface area contributed by atoms with E-state index in [4.69, 9.17) is 10.5 Å². The number of benzene rings is 1. The minimum absolute atomic E-state index is 0.0640. The predicted octanol–water partition coefficient (Wildman–Crippen LogP) is 2.87. The molecule has 0 saturated carbocycles. The van der Waals surface area contributed by atoms with Gasteiger partial charge >= 0.3 is 0 Å². The lowest BCUT2D eigenvalue weighted by atomic mass is 10.3. The minimum atomic E-state index is -0.615. The topological polar surface area (TPSA) is 73.1 Å². The Morgan fingerprint density at radius 2 is 2.00 bits per heavy atom. The molecular weight excluding hydrogens is 266 g/mol. The van der Waals surface area contributed by atoms with Crippen molar-refractivity contribution in [3.8, 4) is 5.88 Å². The molecule has 3 N–H and O–H groups in total. The van der Waals surface area contributed by atoms with Gasteiger partial charge < -0.3 is 15.8 Å². The summed E-state index contributed by atoms with van der Waals surface area (Å²) in [7, 11) is 0. The highest BCUT2D eigenvalue weighted by Gasteiger charge is 2.12. The van der Waals surface area contributed by atoms with Crippen LogP contribution >= 0.6 is 0 Å². The van der Waals surface area contributed by atoms with Gasteiger partial charge in [0, 0.05) is 6.07 Å². The van der Waals surface area contributed by atoms with Crippen LogP contribution in [0.3, 0.4) is 0 Å². The Kier molecular flexibility index (Phi) is 3.97. The van der Waals surface area contributed by atoms with Gasteiger partial charge in [-0.3, -0.25) is 0 Å². The van der Waals surface area contributed by atoms with Crippen LogP contribution in [0.15, 0.2) is 24.5 Å². The van der Waals surface area contributed by atoms with Crippen molar-refractivity contribution < 1.29 is 13.5 Å². The van der Waals surface area contributed by atoms with Crippen LogP contribution in [0.1, 0.15) is 13.8 Å². The van der Waals surface area contributed by atoms with Crippen molar-refractivity contribution in [2.75, 3.05) is 11.1 Å². The second kappa shape index (κ2) is 5.68. The van der Waals surface area contributed by atoms with Gasteiger partial charge in [-0.2, -0.15) is 4.98 Å². The van der Waals surface area contributed by atoms with E-state index >= 15 is 0 Å². The highest BCUT2D eigenvalue weighted by molar-refractivity contribution is 5.72. The maximum Gasteiger partial charge on any atom is 0.242 e. The molecule has 0 fully saturated rings.